The van der Waals surface area contributed by atoms with Gasteiger partial charge in [0, 0.05) is 26.2 Å². The number of esters is 1. The Morgan fingerprint density at radius 2 is 2.09 bits per heavy atom. The van der Waals surface area contributed by atoms with Gasteiger partial charge in [0.2, 0.25) is 0 Å². The molecule has 0 spiro atoms. The molecule has 10 heteroatoms. The maximum atomic E-state index is 13.6. The van der Waals surface area contributed by atoms with Crippen LogP contribution in [0, 0.1) is 0 Å². The third kappa shape index (κ3) is 4.35. The number of rotatable bonds is 6. The summed E-state index contributed by atoms with van der Waals surface area (Å²) >= 11 is 4.76. The number of furan rings is 1. The zero-order valence-electron chi connectivity index (χ0n) is 19.4. The molecule has 0 saturated heterocycles. The van der Waals surface area contributed by atoms with Gasteiger partial charge >= 0.3 is 5.97 Å². The first-order chi connectivity index (χ1) is 16.2. The number of benzene rings is 1. The van der Waals surface area contributed by atoms with E-state index in [2.05, 4.69) is 20.9 Å². The maximum Gasteiger partial charge on any atom is 0.338 e. The second kappa shape index (κ2) is 9.63. The van der Waals surface area contributed by atoms with Crippen molar-refractivity contribution >= 4 is 45.2 Å². The molecule has 0 unspecified atom stereocenters. The van der Waals surface area contributed by atoms with E-state index < -0.39 is 12.0 Å². The predicted molar refractivity (Wildman–Crippen MR) is 134 cm³/mol. The number of methoxy groups -OCH3 is 1. The summed E-state index contributed by atoms with van der Waals surface area (Å²) in [6.07, 6.45) is 1.70. The first-order valence-electron chi connectivity index (χ1n) is 10.6. The summed E-state index contributed by atoms with van der Waals surface area (Å²) < 4.78 is 19.2. The van der Waals surface area contributed by atoms with Crippen LogP contribution in [0.15, 0.2) is 60.3 Å². The van der Waals surface area contributed by atoms with Crippen LogP contribution in [-0.4, -0.2) is 38.3 Å². The topological polar surface area (TPSA) is 86.3 Å². The lowest BCUT2D eigenvalue weighted by atomic mass is 9.96. The number of allylic oxidation sites excluding steroid dienone is 1. The van der Waals surface area contributed by atoms with Gasteiger partial charge in [-0.25, -0.2) is 9.79 Å². The highest BCUT2D eigenvalue weighted by Gasteiger charge is 2.33. The van der Waals surface area contributed by atoms with Gasteiger partial charge in [0.1, 0.15) is 11.5 Å². The Kier molecular flexibility index (Phi) is 6.81. The van der Waals surface area contributed by atoms with Gasteiger partial charge < -0.3 is 18.8 Å². The Labute approximate surface area is 208 Å². The molecule has 0 amide bonds. The van der Waals surface area contributed by atoms with Crippen molar-refractivity contribution in [3.05, 3.63) is 77.1 Å². The molecule has 0 N–H and O–H groups in total. The molecule has 1 aliphatic heterocycles. The first-order valence-corrected chi connectivity index (χ1v) is 12.2. The SMILES string of the molecule is CCOC(=O)C1=C(C)N=c2s/c(=C\c3ccc(N(C)C)o3)c(=O)n2[C@H]1c1ccc(OC)c(Br)c1. The molecular weight excluding hydrogens is 522 g/mol. The van der Waals surface area contributed by atoms with Gasteiger partial charge in [0.15, 0.2) is 10.7 Å². The van der Waals surface area contributed by atoms with Crippen LogP contribution in [0.1, 0.15) is 31.2 Å². The van der Waals surface area contributed by atoms with E-state index in [1.807, 2.05) is 37.2 Å². The molecule has 0 saturated carbocycles. The number of carbonyl (C=O) groups excluding carboxylic acids is 1. The van der Waals surface area contributed by atoms with E-state index in [9.17, 15) is 9.59 Å². The van der Waals surface area contributed by atoms with Gasteiger partial charge in [-0.05, 0) is 53.5 Å². The molecule has 2 aromatic heterocycles. The summed E-state index contributed by atoms with van der Waals surface area (Å²) in [6.45, 7) is 3.71. The molecule has 1 atom stereocenters. The second-order valence-corrected chi connectivity index (χ2v) is 9.63. The molecule has 0 bridgehead atoms. The molecular formula is C24H24BrN3O5S. The number of halogens is 1. The Bertz CT molecular complexity index is 1460. The van der Waals surface area contributed by atoms with E-state index >= 15 is 0 Å². The van der Waals surface area contributed by atoms with Crippen molar-refractivity contribution in [3.8, 4) is 5.75 Å². The number of carbonyl (C=O) groups is 1. The van der Waals surface area contributed by atoms with E-state index in [-0.39, 0.29) is 12.2 Å². The van der Waals surface area contributed by atoms with Crippen LogP contribution < -0.4 is 24.5 Å². The molecule has 8 nitrogen and oxygen atoms in total. The number of anilines is 1. The maximum absolute atomic E-state index is 13.6. The quantitative estimate of drug-likeness (QED) is 0.442. The standard InChI is InChI=1S/C24H24BrN3O5S/c1-6-32-23(30)20-13(2)26-24-28(21(20)14-7-9-17(31-5)16(25)11-14)22(29)18(34-24)12-15-8-10-19(33-15)27(3)4/h7-12,21H,6H2,1-5H3/b18-12-/t21-/m0/s1. The molecule has 0 aliphatic carbocycles. The van der Waals surface area contributed by atoms with E-state index in [0.717, 1.165) is 5.56 Å². The minimum absolute atomic E-state index is 0.214. The second-order valence-electron chi connectivity index (χ2n) is 7.77. The fraction of sp³-hybridized carbons (Fsp3) is 0.292. The van der Waals surface area contributed by atoms with E-state index in [1.165, 1.54) is 11.3 Å². The lowest BCUT2D eigenvalue weighted by Crippen LogP contribution is -2.39. The number of hydrogen-bond donors (Lipinski definition) is 0. The normalized spacial score (nSPS) is 15.7. The van der Waals surface area contributed by atoms with Gasteiger partial charge in [-0.2, -0.15) is 0 Å². The van der Waals surface area contributed by atoms with Crippen LogP contribution in [0.4, 0.5) is 5.88 Å². The van der Waals surface area contributed by atoms with Crippen LogP contribution in [-0.2, 0) is 9.53 Å². The predicted octanol–water partition coefficient (Wildman–Crippen LogP) is 3.23. The smallest absolute Gasteiger partial charge is 0.338 e. The summed E-state index contributed by atoms with van der Waals surface area (Å²) in [5.74, 6) is 1.38. The fourth-order valence-corrected chi connectivity index (χ4v) is 5.33. The average Bonchev–Trinajstić information content (AvgIpc) is 3.38. The molecule has 3 aromatic rings. The van der Waals surface area contributed by atoms with E-state index in [4.69, 9.17) is 13.9 Å². The van der Waals surface area contributed by atoms with Crippen LogP contribution in [0.5, 0.6) is 5.75 Å². The van der Waals surface area contributed by atoms with Crippen LogP contribution in [0.3, 0.4) is 0 Å². The van der Waals surface area contributed by atoms with Crippen LogP contribution in [0.25, 0.3) is 6.08 Å². The molecule has 178 valence electrons. The molecule has 1 aromatic carbocycles. The van der Waals surface area contributed by atoms with Crippen LogP contribution in [0.2, 0.25) is 0 Å². The summed E-state index contributed by atoms with van der Waals surface area (Å²) in [6, 6.07) is 8.41. The van der Waals surface area contributed by atoms with Crippen molar-refractivity contribution in [2.75, 3.05) is 32.7 Å². The number of thiazole rings is 1. The molecule has 4 rings (SSSR count). The third-order valence-corrected chi connectivity index (χ3v) is 6.94. The Morgan fingerprint density at radius 1 is 1.32 bits per heavy atom. The number of fused-ring (bicyclic) bond motifs is 1. The van der Waals surface area contributed by atoms with Crippen molar-refractivity contribution in [2.24, 2.45) is 4.99 Å². The average molecular weight is 546 g/mol. The van der Waals surface area contributed by atoms with Crippen molar-refractivity contribution in [1.82, 2.24) is 4.57 Å². The van der Waals surface area contributed by atoms with Gasteiger partial charge in [0.25, 0.3) is 5.56 Å². The van der Waals surface area contributed by atoms with Crippen molar-refractivity contribution < 1.29 is 18.7 Å². The summed E-state index contributed by atoms with van der Waals surface area (Å²) in [4.78, 5) is 33.5. The monoisotopic (exact) mass is 545 g/mol. The van der Waals surface area contributed by atoms with Crippen molar-refractivity contribution in [3.63, 3.8) is 0 Å². The number of hydrogen-bond acceptors (Lipinski definition) is 8. The lowest BCUT2D eigenvalue weighted by Gasteiger charge is -2.25. The van der Waals surface area contributed by atoms with E-state index in [1.54, 1.807) is 43.7 Å². The van der Waals surface area contributed by atoms with Gasteiger partial charge in [0.05, 0.1) is 40.0 Å². The fourth-order valence-electron chi connectivity index (χ4n) is 3.75. The number of ether oxygens (including phenoxy) is 2. The summed E-state index contributed by atoms with van der Waals surface area (Å²) in [5, 5.41) is 0. The van der Waals surface area contributed by atoms with Crippen molar-refractivity contribution in [2.45, 2.75) is 19.9 Å². The van der Waals surface area contributed by atoms with Gasteiger partial charge in [-0.1, -0.05) is 17.4 Å². The zero-order valence-corrected chi connectivity index (χ0v) is 21.8. The minimum Gasteiger partial charge on any atom is -0.496 e. The summed E-state index contributed by atoms with van der Waals surface area (Å²) in [5.41, 5.74) is 1.30. The molecule has 0 radical (unpaired) electrons. The number of aromatic nitrogens is 1. The zero-order chi connectivity index (χ0) is 24.6. The van der Waals surface area contributed by atoms with Crippen LogP contribution >= 0.6 is 27.3 Å². The Balaban J connectivity index is 1.93. The molecule has 3 heterocycles. The first kappa shape index (κ1) is 24.0. The minimum atomic E-state index is -0.700. The largest absolute Gasteiger partial charge is 0.496 e. The third-order valence-electron chi connectivity index (χ3n) is 5.34. The van der Waals surface area contributed by atoms with Gasteiger partial charge in [-0.15, -0.1) is 0 Å². The van der Waals surface area contributed by atoms with E-state index in [0.29, 0.717) is 42.5 Å². The highest BCUT2D eigenvalue weighted by atomic mass is 79.9. The highest BCUT2D eigenvalue weighted by Crippen LogP contribution is 2.35. The molecule has 0 fully saturated rings. The molecule has 34 heavy (non-hydrogen) atoms. The summed E-state index contributed by atoms with van der Waals surface area (Å²) in [7, 11) is 5.33. The van der Waals surface area contributed by atoms with Gasteiger partial charge in [-0.3, -0.25) is 9.36 Å². The Hall–Kier alpha value is -3.11. The Morgan fingerprint density at radius 3 is 2.71 bits per heavy atom. The number of nitrogens with zero attached hydrogens (tertiary/aromatic N) is 3. The lowest BCUT2D eigenvalue weighted by molar-refractivity contribution is -0.139. The van der Waals surface area contributed by atoms with Crippen molar-refractivity contribution in [1.29, 1.82) is 0 Å². The highest BCUT2D eigenvalue weighted by molar-refractivity contribution is 9.10. The molecule has 1 aliphatic rings.